The van der Waals surface area contributed by atoms with E-state index in [0.29, 0.717) is 19.6 Å². The number of hydrogen-bond donors (Lipinski definition) is 1. The van der Waals surface area contributed by atoms with Crippen LogP contribution < -0.4 is 11.2 Å². The van der Waals surface area contributed by atoms with Crippen LogP contribution in [-0.4, -0.2) is 34.2 Å². The van der Waals surface area contributed by atoms with Gasteiger partial charge in [-0.3, -0.25) is 14.3 Å². The average Bonchev–Trinajstić information content (AvgIpc) is 2.83. The van der Waals surface area contributed by atoms with Gasteiger partial charge < -0.3 is 14.2 Å². The standard InChI is InChI=1S/C12H16N2O5/c1-11(2)18-7-12(19-11)5-9(17-6-12)14-4-3-8(15)13-10(14)16/h3-4,9H,5-7H2,1-2H3,(H,13,15,16)/t9-,12?/m0/s1. The quantitative estimate of drug-likeness (QED) is 0.774. The van der Waals surface area contributed by atoms with Gasteiger partial charge in [0.25, 0.3) is 5.56 Å². The summed E-state index contributed by atoms with van der Waals surface area (Å²) in [5, 5.41) is 0. The van der Waals surface area contributed by atoms with Gasteiger partial charge in [0.1, 0.15) is 11.8 Å². The van der Waals surface area contributed by atoms with E-state index in [0.717, 1.165) is 0 Å². The highest BCUT2D eigenvalue weighted by Gasteiger charge is 2.51. The van der Waals surface area contributed by atoms with Crippen molar-refractivity contribution < 1.29 is 14.2 Å². The van der Waals surface area contributed by atoms with Gasteiger partial charge in [-0.25, -0.2) is 4.79 Å². The van der Waals surface area contributed by atoms with Gasteiger partial charge in [-0.05, 0) is 13.8 Å². The molecule has 0 aliphatic carbocycles. The molecule has 0 radical (unpaired) electrons. The second-order valence-corrected chi connectivity index (χ2v) is 5.46. The highest BCUT2D eigenvalue weighted by molar-refractivity contribution is 4.95. The van der Waals surface area contributed by atoms with E-state index in [9.17, 15) is 9.59 Å². The Labute approximate surface area is 109 Å². The lowest BCUT2D eigenvalue weighted by Gasteiger charge is -2.22. The van der Waals surface area contributed by atoms with Gasteiger partial charge in [-0.1, -0.05) is 0 Å². The van der Waals surface area contributed by atoms with Crippen molar-refractivity contribution in [3.8, 4) is 0 Å². The number of aromatic nitrogens is 2. The zero-order valence-corrected chi connectivity index (χ0v) is 10.8. The number of nitrogens with zero attached hydrogens (tertiary/aromatic N) is 1. The van der Waals surface area contributed by atoms with E-state index in [4.69, 9.17) is 14.2 Å². The molecular formula is C12H16N2O5. The molecule has 0 saturated carbocycles. The van der Waals surface area contributed by atoms with Crippen molar-refractivity contribution in [3.05, 3.63) is 33.1 Å². The molecule has 0 bridgehead atoms. The zero-order valence-electron chi connectivity index (χ0n) is 10.8. The highest BCUT2D eigenvalue weighted by atomic mass is 16.8. The lowest BCUT2D eigenvalue weighted by Crippen LogP contribution is -2.35. The summed E-state index contributed by atoms with van der Waals surface area (Å²) < 4.78 is 18.4. The predicted octanol–water partition coefficient (Wildman–Crippen LogP) is -0.0228. The Kier molecular flexibility index (Phi) is 2.67. The first-order valence-electron chi connectivity index (χ1n) is 6.16. The van der Waals surface area contributed by atoms with Gasteiger partial charge in [-0.15, -0.1) is 0 Å². The molecule has 2 aliphatic heterocycles. The maximum absolute atomic E-state index is 11.7. The summed E-state index contributed by atoms with van der Waals surface area (Å²) in [6.07, 6.45) is 1.51. The van der Waals surface area contributed by atoms with E-state index < -0.39 is 28.9 Å². The molecule has 0 aromatic carbocycles. The molecule has 3 heterocycles. The van der Waals surface area contributed by atoms with Crippen LogP contribution in [0.2, 0.25) is 0 Å². The summed E-state index contributed by atoms with van der Waals surface area (Å²) in [7, 11) is 0. The monoisotopic (exact) mass is 268 g/mol. The molecule has 1 N–H and O–H groups in total. The molecule has 7 nitrogen and oxygen atoms in total. The fourth-order valence-electron chi connectivity index (χ4n) is 2.57. The molecule has 2 fully saturated rings. The molecular weight excluding hydrogens is 252 g/mol. The first kappa shape index (κ1) is 12.6. The molecule has 2 saturated heterocycles. The van der Waals surface area contributed by atoms with E-state index >= 15 is 0 Å². The summed E-state index contributed by atoms with van der Waals surface area (Å²) in [6, 6.07) is 1.30. The lowest BCUT2D eigenvalue weighted by molar-refractivity contribution is -0.160. The molecule has 2 atom stereocenters. The fraction of sp³-hybridized carbons (Fsp3) is 0.667. The fourth-order valence-corrected chi connectivity index (χ4v) is 2.57. The molecule has 1 spiro atoms. The van der Waals surface area contributed by atoms with Crippen molar-refractivity contribution in [2.24, 2.45) is 0 Å². The Hall–Kier alpha value is -1.44. The second-order valence-electron chi connectivity index (χ2n) is 5.46. The van der Waals surface area contributed by atoms with Crippen LogP contribution in [0.25, 0.3) is 0 Å². The van der Waals surface area contributed by atoms with Crippen LogP contribution in [0.3, 0.4) is 0 Å². The van der Waals surface area contributed by atoms with Crippen LogP contribution in [0.15, 0.2) is 21.9 Å². The van der Waals surface area contributed by atoms with Gasteiger partial charge >= 0.3 is 5.69 Å². The number of H-pyrrole nitrogens is 1. The smallest absolute Gasteiger partial charge is 0.330 e. The third kappa shape index (κ3) is 2.24. The maximum Gasteiger partial charge on any atom is 0.330 e. The average molecular weight is 268 g/mol. The van der Waals surface area contributed by atoms with Crippen molar-refractivity contribution in [2.75, 3.05) is 13.2 Å². The first-order valence-corrected chi connectivity index (χ1v) is 6.16. The van der Waals surface area contributed by atoms with E-state index in [-0.39, 0.29) is 0 Å². The number of aromatic amines is 1. The Balaban J connectivity index is 1.83. The minimum atomic E-state index is -0.631. The minimum absolute atomic E-state index is 0.368. The molecule has 1 aromatic rings. The minimum Gasteiger partial charge on any atom is -0.355 e. The van der Waals surface area contributed by atoms with Crippen LogP contribution in [0.1, 0.15) is 26.5 Å². The van der Waals surface area contributed by atoms with E-state index in [1.54, 1.807) is 0 Å². The molecule has 19 heavy (non-hydrogen) atoms. The van der Waals surface area contributed by atoms with E-state index in [1.165, 1.54) is 16.8 Å². The van der Waals surface area contributed by atoms with Crippen molar-refractivity contribution >= 4 is 0 Å². The molecule has 0 amide bonds. The van der Waals surface area contributed by atoms with Crippen LogP contribution >= 0.6 is 0 Å². The van der Waals surface area contributed by atoms with Gasteiger partial charge in [-0.2, -0.15) is 0 Å². The summed E-state index contributed by atoms with van der Waals surface area (Å²) in [5.41, 5.74) is -1.41. The Morgan fingerprint density at radius 1 is 1.37 bits per heavy atom. The summed E-state index contributed by atoms with van der Waals surface area (Å²) in [6.45, 7) is 4.50. The van der Waals surface area contributed by atoms with Crippen LogP contribution in [0, 0.1) is 0 Å². The summed E-state index contributed by atoms with van der Waals surface area (Å²) in [4.78, 5) is 25.0. The number of hydrogen-bond acceptors (Lipinski definition) is 5. The van der Waals surface area contributed by atoms with Gasteiger partial charge in [0.05, 0.1) is 13.2 Å². The third-order valence-electron chi connectivity index (χ3n) is 3.39. The van der Waals surface area contributed by atoms with Crippen molar-refractivity contribution in [1.29, 1.82) is 0 Å². The number of ether oxygens (including phenoxy) is 3. The molecule has 3 rings (SSSR count). The highest BCUT2D eigenvalue weighted by Crippen LogP contribution is 2.41. The third-order valence-corrected chi connectivity index (χ3v) is 3.39. The van der Waals surface area contributed by atoms with Crippen molar-refractivity contribution in [2.45, 2.75) is 37.9 Å². The van der Waals surface area contributed by atoms with Crippen LogP contribution in [0.5, 0.6) is 0 Å². The Bertz CT molecular complexity index is 605. The molecule has 1 unspecified atom stereocenters. The molecule has 104 valence electrons. The normalized spacial score (nSPS) is 33.1. The van der Waals surface area contributed by atoms with E-state index in [2.05, 4.69) is 4.98 Å². The van der Waals surface area contributed by atoms with Gasteiger partial charge in [0, 0.05) is 18.7 Å². The maximum atomic E-state index is 11.7. The largest absolute Gasteiger partial charge is 0.355 e. The Morgan fingerprint density at radius 2 is 2.16 bits per heavy atom. The molecule has 7 heteroatoms. The number of rotatable bonds is 1. The van der Waals surface area contributed by atoms with Crippen LogP contribution in [-0.2, 0) is 14.2 Å². The van der Waals surface area contributed by atoms with Gasteiger partial charge in [0.2, 0.25) is 0 Å². The molecule has 2 aliphatic rings. The topological polar surface area (TPSA) is 82.5 Å². The summed E-state index contributed by atoms with van der Waals surface area (Å²) in [5.74, 6) is -0.631. The molecule has 1 aromatic heterocycles. The SMILES string of the molecule is CC1(C)OCC2(CO[C@H](n3ccc(=O)[nH]c3=O)C2)O1. The van der Waals surface area contributed by atoms with Gasteiger partial charge in [0.15, 0.2) is 5.79 Å². The van der Waals surface area contributed by atoms with Crippen molar-refractivity contribution in [1.82, 2.24) is 9.55 Å². The van der Waals surface area contributed by atoms with Crippen LogP contribution in [0.4, 0.5) is 0 Å². The first-order chi connectivity index (χ1) is 8.89. The predicted molar refractivity (Wildman–Crippen MR) is 64.8 cm³/mol. The Morgan fingerprint density at radius 3 is 2.79 bits per heavy atom. The lowest BCUT2D eigenvalue weighted by atomic mass is 10.0. The van der Waals surface area contributed by atoms with E-state index in [1.807, 2.05) is 13.8 Å². The zero-order chi connectivity index (χ0) is 13.7. The number of nitrogens with one attached hydrogen (secondary N) is 1. The second kappa shape index (κ2) is 4.03. The van der Waals surface area contributed by atoms with Crippen molar-refractivity contribution in [3.63, 3.8) is 0 Å². The summed E-state index contributed by atoms with van der Waals surface area (Å²) >= 11 is 0.